The number of aliphatic hydroxyl groups excluding tert-OH is 1. The minimum absolute atomic E-state index is 0.0455. The standard InChI is InChI=1S/C12H20N2O4/c1-7-2-4-9(12(18)11(7)17)14-8(6-15)3-5-10(13)16/h6-9,11,14,17H,2-5H2,1H3,(H2,13,16). The van der Waals surface area contributed by atoms with Gasteiger partial charge in [0, 0.05) is 6.42 Å². The van der Waals surface area contributed by atoms with E-state index in [1.165, 1.54) is 0 Å². The van der Waals surface area contributed by atoms with E-state index in [2.05, 4.69) is 5.32 Å². The maximum Gasteiger partial charge on any atom is 0.217 e. The van der Waals surface area contributed by atoms with Crippen molar-refractivity contribution in [3.63, 3.8) is 0 Å². The molecule has 0 aliphatic heterocycles. The summed E-state index contributed by atoms with van der Waals surface area (Å²) in [5.74, 6) is -0.803. The van der Waals surface area contributed by atoms with Crippen LogP contribution in [0.25, 0.3) is 0 Å². The van der Waals surface area contributed by atoms with Crippen LogP contribution in [0, 0.1) is 5.92 Å². The average Bonchev–Trinajstić information content (AvgIpc) is 2.34. The van der Waals surface area contributed by atoms with Crippen molar-refractivity contribution < 1.29 is 19.5 Å². The van der Waals surface area contributed by atoms with Crippen LogP contribution in [0.2, 0.25) is 0 Å². The van der Waals surface area contributed by atoms with E-state index in [4.69, 9.17) is 5.73 Å². The number of ketones is 1. The number of rotatable bonds is 6. The van der Waals surface area contributed by atoms with Gasteiger partial charge in [0.25, 0.3) is 0 Å². The first kappa shape index (κ1) is 14.8. The zero-order valence-corrected chi connectivity index (χ0v) is 10.5. The number of nitrogens with one attached hydrogen (secondary N) is 1. The van der Waals surface area contributed by atoms with Crippen LogP contribution < -0.4 is 11.1 Å². The van der Waals surface area contributed by atoms with Crippen molar-refractivity contribution in [1.82, 2.24) is 5.32 Å². The fourth-order valence-electron chi connectivity index (χ4n) is 2.13. The van der Waals surface area contributed by atoms with Crippen LogP contribution in [0.5, 0.6) is 0 Å². The van der Waals surface area contributed by atoms with Crippen LogP contribution in [0.1, 0.15) is 32.6 Å². The van der Waals surface area contributed by atoms with E-state index in [0.717, 1.165) is 6.42 Å². The molecule has 0 bridgehead atoms. The number of carbonyl (C=O) groups excluding carboxylic acids is 3. The molecule has 102 valence electrons. The molecule has 1 fully saturated rings. The predicted octanol–water partition coefficient (Wildman–Crippen LogP) is -0.862. The lowest BCUT2D eigenvalue weighted by atomic mass is 9.83. The van der Waals surface area contributed by atoms with Crippen LogP contribution >= 0.6 is 0 Å². The molecule has 0 heterocycles. The number of aliphatic hydroxyl groups is 1. The van der Waals surface area contributed by atoms with Gasteiger partial charge in [-0.1, -0.05) is 6.92 Å². The van der Waals surface area contributed by atoms with Gasteiger partial charge in [0.05, 0.1) is 12.1 Å². The van der Waals surface area contributed by atoms with E-state index in [9.17, 15) is 19.5 Å². The summed E-state index contributed by atoms with van der Waals surface area (Å²) in [5, 5.41) is 12.5. The zero-order chi connectivity index (χ0) is 13.7. The molecule has 1 aliphatic rings. The second kappa shape index (κ2) is 6.61. The quantitative estimate of drug-likeness (QED) is 0.536. The van der Waals surface area contributed by atoms with Crippen molar-refractivity contribution in [3.8, 4) is 0 Å². The largest absolute Gasteiger partial charge is 0.385 e. The third-order valence-electron chi connectivity index (χ3n) is 3.37. The third-order valence-corrected chi connectivity index (χ3v) is 3.37. The van der Waals surface area contributed by atoms with E-state index in [1.807, 2.05) is 6.92 Å². The first-order valence-electron chi connectivity index (χ1n) is 6.17. The molecule has 4 unspecified atom stereocenters. The van der Waals surface area contributed by atoms with Gasteiger partial charge in [-0.3, -0.25) is 14.9 Å². The highest BCUT2D eigenvalue weighted by atomic mass is 16.3. The lowest BCUT2D eigenvalue weighted by Crippen LogP contribution is -2.52. The van der Waals surface area contributed by atoms with Crippen molar-refractivity contribution in [2.24, 2.45) is 11.7 Å². The summed E-state index contributed by atoms with van der Waals surface area (Å²) in [6, 6.07) is -1.09. The maximum atomic E-state index is 11.8. The average molecular weight is 256 g/mol. The Labute approximate surface area is 106 Å². The molecular weight excluding hydrogens is 236 g/mol. The zero-order valence-electron chi connectivity index (χ0n) is 10.5. The summed E-state index contributed by atoms with van der Waals surface area (Å²) in [4.78, 5) is 33.3. The number of hydrogen-bond donors (Lipinski definition) is 3. The molecule has 18 heavy (non-hydrogen) atoms. The fraction of sp³-hybridized carbons (Fsp3) is 0.750. The molecule has 6 heteroatoms. The molecule has 6 nitrogen and oxygen atoms in total. The Morgan fingerprint density at radius 1 is 1.61 bits per heavy atom. The summed E-state index contributed by atoms with van der Waals surface area (Å²) in [6.07, 6.45) is 1.38. The first-order valence-corrected chi connectivity index (χ1v) is 6.17. The van der Waals surface area contributed by atoms with E-state index >= 15 is 0 Å². The normalized spacial score (nSPS) is 29.9. The van der Waals surface area contributed by atoms with Crippen LogP contribution in [0.4, 0.5) is 0 Å². The summed E-state index contributed by atoms with van der Waals surface area (Å²) < 4.78 is 0. The molecule has 0 radical (unpaired) electrons. The number of aldehydes is 1. The van der Waals surface area contributed by atoms with Crippen LogP contribution in [0.3, 0.4) is 0 Å². The van der Waals surface area contributed by atoms with Gasteiger partial charge in [0.2, 0.25) is 5.91 Å². The lowest BCUT2D eigenvalue weighted by Gasteiger charge is -2.31. The second-order valence-corrected chi connectivity index (χ2v) is 4.87. The number of nitrogens with two attached hydrogens (primary N) is 1. The smallest absolute Gasteiger partial charge is 0.217 e. The molecule has 0 aromatic heterocycles. The number of amides is 1. The maximum absolute atomic E-state index is 11.8. The molecular formula is C12H20N2O4. The summed E-state index contributed by atoms with van der Waals surface area (Å²) >= 11 is 0. The van der Waals surface area contributed by atoms with Gasteiger partial charge in [0.1, 0.15) is 12.4 Å². The monoisotopic (exact) mass is 256 g/mol. The van der Waals surface area contributed by atoms with Crippen molar-refractivity contribution in [2.45, 2.75) is 50.8 Å². The number of hydrogen-bond acceptors (Lipinski definition) is 5. The van der Waals surface area contributed by atoms with Gasteiger partial charge < -0.3 is 15.6 Å². The highest BCUT2D eigenvalue weighted by Crippen LogP contribution is 2.22. The van der Waals surface area contributed by atoms with Crippen molar-refractivity contribution in [2.75, 3.05) is 0 Å². The summed E-state index contributed by atoms with van der Waals surface area (Å²) in [7, 11) is 0. The SMILES string of the molecule is CC1CCC(NC(C=O)CCC(N)=O)C(=O)C1O. The first-order chi connectivity index (χ1) is 8.45. The van der Waals surface area contributed by atoms with E-state index in [1.54, 1.807) is 0 Å². The van der Waals surface area contributed by atoms with Crippen LogP contribution in [0.15, 0.2) is 0 Å². The summed E-state index contributed by atoms with van der Waals surface area (Å²) in [6.45, 7) is 1.82. The Kier molecular flexibility index (Phi) is 5.43. The highest BCUT2D eigenvalue weighted by Gasteiger charge is 2.35. The molecule has 4 N–H and O–H groups in total. The van der Waals surface area contributed by atoms with Gasteiger partial charge >= 0.3 is 0 Å². The summed E-state index contributed by atoms with van der Waals surface area (Å²) in [5.41, 5.74) is 5.01. The van der Waals surface area contributed by atoms with Crippen LogP contribution in [-0.2, 0) is 14.4 Å². The Balaban J connectivity index is 2.51. The minimum Gasteiger partial charge on any atom is -0.385 e. The van der Waals surface area contributed by atoms with Crippen molar-refractivity contribution >= 4 is 18.0 Å². The highest BCUT2D eigenvalue weighted by molar-refractivity contribution is 5.89. The molecule has 0 aromatic carbocycles. The molecule has 4 atom stereocenters. The van der Waals surface area contributed by atoms with Gasteiger partial charge in [-0.05, 0) is 25.2 Å². The molecule has 1 amide bonds. The Morgan fingerprint density at radius 3 is 2.83 bits per heavy atom. The number of primary amides is 1. The minimum atomic E-state index is -0.973. The molecule has 1 aliphatic carbocycles. The number of carbonyl (C=O) groups is 3. The lowest BCUT2D eigenvalue weighted by molar-refractivity contribution is -0.135. The Hall–Kier alpha value is -1.27. The van der Waals surface area contributed by atoms with E-state index in [-0.39, 0.29) is 24.5 Å². The second-order valence-electron chi connectivity index (χ2n) is 4.87. The fourth-order valence-corrected chi connectivity index (χ4v) is 2.13. The molecule has 0 spiro atoms. The predicted molar refractivity (Wildman–Crippen MR) is 64.6 cm³/mol. The van der Waals surface area contributed by atoms with E-state index < -0.39 is 24.1 Å². The molecule has 1 rings (SSSR count). The molecule has 1 saturated carbocycles. The van der Waals surface area contributed by atoms with Crippen LogP contribution in [-0.4, -0.2) is 41.3 Å². The third kappa shape index (κ3) is 3.89. The van der Waals surface area contributed by atoms with Crippen molar-refractivity contribution in [1.29, 1.82) is 0 Å². The Morgan fingerprint density at radius 2 is 2.28 bits per heavy atom. The number of Topliss-reactive ketones (excluding diaryl/α,β-unsaturated/α-hetero) is 1. The van der Waals surface area contributed by atoms with Crippen molar-refractivity contribution in [3.05, 3.63) is 0 Å². The van der Waals surface area contributed by atoms with Gasteiger partial charge in [0.15, 0.2) is 5.78 Å². The molecule has 0 saturated heterocycles. The molecule has 0 aromatic rings. The topological polar surface area (TPSA) is 109 Å². The van der Waals surface area contributed by atoms with Gasteiger partial charge in [-0.2, -0.15) is 0 Å². The van der Waals surface area contributed by atoms with Gasteiger partial charge in [-0.15, -0.1) is 0 Å². The van der Waals surface area contributed by atoms with Gasteiger partial charge in [-0.25, -0.2) is 0 Å². The Bertz CT molecular complexity index is 332. The van der Waals surface area contributed by atoms with E-state index in [0.29, 0.717) is 12.7 Å².